The first-order valence-electron chi connectivity index (χ1n) is 8.62. The summed E-state index contributed by atoms with van der Waals surface area (Å²) >= 11 is 0. The van der Waals surface area contributed by atoms with Gasteiger partial charge in [0, 0.05) is 38.6 Å². The zero-order chi connectivity index (χ0) is 17.2. The summed E-state index contributed by atoms with van der Waals surface area (Å²) in [4.78, 5) is 16.6. The number of carbonyl (C=O) groups is 1. The highest BCUT2D eigenvalue weighted by Gasteiger charge is 2.43. The van der Waals surface area contributed by atoms with Crippen molar-refractivity contribution in [3.63, 3.8) is 0 Å². The van der Waals surface area contributed by atoms with Crippen molar-refractivity contribution in [2.24, 2.45) is 0 Å². The number of hydrogen-bond donors (Lipinski definition) is 1. The third-order valence-electron chi connectivity index (χ3n) is 5.05. The summed E-state index contributed by atoms with van der Waals surface area (Å²) in [7, 11) is 0. The number of halogens is 2. The molecule has 2 unspecified atom stereocenters. The molecular formula is C18H25F2N3O. The molecule has 1 amide bonds. The number of carbonyl (C=O) groups excluding carboxylic acids is 1. The molecule has 3 rings (SSSR count). The van der Waals surface area contributed by atoms with Crippen LogP contribution in [-0.4, -0.2) is 59.9 Å². The molecule has 2 aliphatic rings. The largest absolute Gasteiger partial charge is 0.340 e. The van der Waals surface area contributed by atoms with Crippen LogP contribution >= 0.6 is 0 Å². The van der Waals surface area contributed by atoms with Gasteiger partial charge in [-0.1, -0.05) is 30.3 Å². The minimum absolute atomic E-state index is 0.180. The number of amides is 1. The molecular weight excluding hydrogens is 312 g/mol. The van der Waals surface area contributed by atoms with Gasteiger partial charge in [0.2, 0.25) is 5.91 Å². The maximum absolute atomic E-state index is 13.3. The third-order valence-corrected chi connectivity index (χ3v) is 5.05. The average Bonchev–Trinajstić information content (AvgIpc) is 2.83. The topological polar surface area (TPSA) is 35.6 Å². The fraction of sp³-hybridized carbons (Fsp3) is 0.611. The second-order valence-electron chi connectivity index (χ2n) is 6.91. The first-order chi connectivity index (χ1) is 11.4. The Morgan fingerprint density at radius 2 is 2.00 bits per heavy atom. The Kier molecular flexibility index (Phi) is 5.15. The molecule has 6 heteroatoms. The van der Waals surface area contributed by atoms with Crippen LogP contribution in [0.15, 0.2) is 30.3 Å². The minimum Gasteiger partial charge on any atom is -0.340 e. The summed E-state index contributed by atoms with van der Waals surface area (Å²) in [5.41, 5.74) is 1.25. The smallest absolute Gasteiger partial charge is 0.262 e. The number of rotatable bonds is 3. The van der Waals surface area contributed by atoms with E-state index in [1.165, 1.54) is 5.56 Å². The molecule has 0 aromatic heterocycles. The molecule has 0 saturated carbocycles. The lowest BCUT2D eigenvalue weighted by Crippen LogP contribution is -2.45. The van der Waals surface area contributed by atoms with Crippen LogP contribution in [0.5, 0.6) is 0 Å². The van der Waals surface area contributed by atoms with Crippen LogP contribution in [0.4, 0.5) is 8.78 Å². The molecule has 1 aromatic rings. The second-order valence-corrected chi connectivity index (χ2v) is 6.91. The summed E-state index contributed by atoms with van der Waals surface area (Å²) in [5, 5.41) is 2.67. The molecule has 2 heterocycles. The maximum atomic E-state index is 13.3. The van der Waals surface area contributed by atoms with Gasteiger partial charge in [0.15, 0.2) is 0 Å². The molecule has 0 radical (unpaired) electrons. The predicted molar refractivity (Wildman–Crippen MR) is 88.9 cm³/mol. The number of benzene rings is 1. The first-order valence-corrected chi connectivity index (χ1v) is 8.62. The monoisotopic (exact) mass is 337 g/mol. The van der Waals surface area contributed by atoms with Crippen molar-refractivity contribution < 1.29 is 13.6 Å². The van der Waals surface area contributed by atoms with Crippen molar-refractivity contribution in [2.75, 3.05) is 26.2 Å². The molecule has 2 atom stereocenters. The lowest BCUT2D eigenvalue weighted by atomic mass is 10.1. The van der Waals surface area contributed by atoms with Gasteiger partial charge >= 0.3 is 0 Å². The molecule has 4 nitrogen and oxygen atoms in total. The van der Waals surface area contributed by atoms with Crippen LogP contribution in [0.25, 0.3) is 0 Å². The van der Waals surface area contributed by atoms with Gasteiger partial charge in [-0.25, -0.2) is 8.78 Å². The van der Waals surface area contributed by atoms with Crippen LogP contribution < -0.4 is 5.32 Å². The van der Waals surface area contributed by atoms with Crippen molar-refractivity contribution in [1.82, 2.24) is 15.1 Å². The van der Waals surface area contributed by atoms with Crippen molar-refractivity contribution in [2.45, 2.75) is 44.3 Å². The van der Waals surface area contributed by atoms with Gasteiger partial charge in [0.1, 0.15) is 0 Å². The number of hydrogen-bond acceptors (Lipinski definition) is 3. The molecule has 24 heavy (non-hydrogen) atoms. The van der Waals surface area contributed by atoms with E-state index >= 15 is 0 Å². The van der Waals surface area contributed by atoms with Gasteiger partial charge < -0.3 is 4.90 Å². The van der Waals surface area contributed by atoms with Gasteiger partial charge in [-0.05, 0) is 18.9 Å². The highest BCUT2D eigenvalue weighted by Crippen LogP contribution is 2.26. The van der Waals surface area contributed by atoms with Crippen LogP contribution in [0, 0.1) is 0 Å². The van der Waals surface area contributed by atoms with Gasteiger partial charge in [-0.15, -0.1) is 0 Å². The molecule has 2 saturated heterocycles. The van der Waals surface area contributed by atoms with E-state index in [9.17, 15) is 13.6 Å². The summed E-state index contributed by atoms with van der Waals surface area (Å²) in [6, 6.07) is 9.88. The summed E-state index contributed by atoms with van der Waals surface area (Å²) < 4.78 is 26.7. The SMILES string of the molecule is CC1CCN(C(=O)C2CC(F)(F)CN2)CCN1Cc1ccccc1. The quantitative estimate of drug-likeness (QED) is 0.918. The standard InChI is InChI=1S/C18H25F2N3O/c1-14-7-8-22(17(24)16-11-18(19,20)13-21-16)9-10-23(14)12-15-5-3-2-4-6-15/h2-6,14,16,21H,7-13H2,1H3. The molecule has 2 fully saturated rings. The first kappa shape index (κ1) is 17.3. The molecule has 1 aromatic carbocycles. The van der Waals surface area contributed by atoms with Crippen molar-refractivity contribution in [3.8, 4) is 0 Å². The third kappa shape index (κ3) is 4.11. The van der Waals surface area contributed by atoms with E-state index in [0.29, 0.717) is 19.1 Å². The van der Waals surface area contributed by atoms with Crippen molar-refractivity contribution in [1.29, 1.82) is 0 Å². The zero-order valence-electron chi connectivity index (χ0n) is 14.0. The fourth-order valence-corrected chi connectivity index (χ4v) is 3.49. The van der Waals surface area contributed by atoms with E-state index in [1.807, 2.05) is 18.2 Å². The zero-order valence-corrected chi connectivity index (χ0v) is 14.0. The van der Waals surface area contributed by atoms with Crippen LogP contribution in [0.1, 0.15) is 25.3 Å². The molecule has 0 spiro atoms. The van der Waals surface area contributed by atoms with E-state index in [1.54, 1.807) is 4.90 Å². The molecule has 1 N–H and O–H groups in total. The summed E-state index contributed by atoms with van der Waals surface area (Å²) in [5.74, 6) is -2.94. The van der Waals surface area contributed by atoms with Crippen LogP contribution in [-0.2, 0) is 11.3 Å². The van der Waals surface area contributed by atoms with E-state index in [2.05, 4.69) is 29.3 Å². The summed E-state index contributed by atoms with van der Waals surface area (Å²) in [6.45, 7) is 4.62. The summed E-state index contributed by atoms with van der Waals surface area (Å²) in [6.07, 6.45) is 0.479. The van der Waals surface area contributed by atoms with Crippen LogP contribution in [0.3, 0.4) is 0 Å². The minimum atomic E-state index is -2.77. The number of alkyl halides is 2. The van der Waals surface area contributed by atoms with Gasteiger partial charge in [0.05, 0.1) is 12.6 Å². The normalized spacial score (nSPS) is 27.9. The second kappa shape index (κ2) is 7.15. The highest BCUT2D eigenvalue weighted by atomic mass is 19.3. The predicted octanol–water partition coefficient (Wildman–Crippen LogP) is 2.11. The van der Waals surface area contributed by atoms with Gasteiger partial charge in [-0.3, -0.25) is 15.0 Å². The number of nitrogens with zero attached hydrogens (tertiary/aromatic N) is 2. The van der Waals surface area contributed by atoms with Crippen molar-refractivity contribution in [3.05, 3.63) is 35.9 Å². The van der Waals surface area contributed by atoms with E-state index < -0.39 is 18.5 Å². The van der Waals surface area contributed by atoms with Gasteiger partial charge in [-0.2, -0.15) is 0 Å². The average molecular weight is 337 g/mol. The fourth-order valence-electron chi connectivity index (χ4n) is 3.49. The van der Waals surface area contributed by atoms with Crippen molar-refractivity contribution >= 4 is 5.91 Å². The Morgan fingerprint density at radius 1 is 1.25 bits per heavy atom. The molecule has 0 bridgehead atoms. The Morgan fingerprint density at radius 3 is 2.67 bits per heavy atom. The Balaban J connectivity index is 1.58. The van der Waals surface area contributed by atoms with E-state index in [4.69, 9.17) is 0 Å². The molecule has 132 valence electrons. The molecule has 2 aliphatic heterocycles. The lowest BCUT2D eigenvalue weighted by Gasteiger charge is -2.26. The number of nitrogens with one attached hydrogen (secondary N) is 1. The highest BCUT2D eigenvalue weighted by molar-refractivity contribution is 5.82. The maximum Gasteiger partial charge on any atom is 0.262 e. The Bertz CT molecular complexity index is 567. The Hall–Kier alpha value is -1.53. The lowest BCUT2D eigenvalue weighted by molar-refractivity contribution is -0.133. The van der Waals surface area contributed by atoms with E-state index in [-0.39, 0.29) is 12.3 Å². The molecule has 0 aliphatic carbocycles. The van der Waals surface area contributed by atoms with E-state index in [0.717, 1.165) is 19.5 Å². The van der Waals surface area contributed by atoms with Gasteiger partial charge in [0.25, 0.3) is 5.92 Å². The van der Waals surface area contributed by atoms with Crippen LogP contribution in [0.2, 0.25) is 0 Å². The Labute approximate surface area is 141 Å².